The summed E-state index contributed by atoms with van der Waals surface area (Å²) in [4.78, 5) is 10.1. The predicted octanol–water partition coefficient (Wildman–Crippen LogP) is 0.759. The van der Waals surface area contributed by atoms with E-state index in [1.54, 1.807) is 0 Å². The van der Waals surface area contributed by atoms with Crippen LogP contribution in [0.2, 0.25) is 0 Å². The highest BCUT2D eigenvalue weighted by atomic mass is 16.5. The Kier molecular flexibility index (Phi) is 2.65. The molecule has 0 aromatic rings. The largest absolute Gasteiger partial charge is 0.463 e. The molecule has 0 bridgehead atoms. The monoisotopic (exact) mass is 131 g/mol. The van der Waals surface area contributed by atoms with E-state index < -0.39 is 11.6 Å². The summed E-state index contributed by atoms with van der Waals surface area (Å²) in [6, 6.07) is 0. The minimum atomic E-state index is -1.16. The molecule has 0 aliphatic heterocycles. The minimum absolute atomic E-state index is 0.0532. The normalized spacial score (nSPS) is 11.1. The van der Waals surface area contributed by atoms with E-state index in [1.165, 1.54) is 20.8 Å². The van der Waals surface area contributed by atoms with Gasteiger partial charge in [0.25, 0.3) is 0 Å². The van der Waals surface area contributed by atoms with Crippen molar-refractivity contribution < 1.29 is 14.6 Å². The van der Waals surface area contributed by atoms with E-state index in [2.05, 4.69) is 4.74 Å². The first-order valence-electron chi connectivity index (χ1n) is 2.75. The van der Waals surface area contributed by atoms with Crippen LogP contribution in [0.1, 0.15) is 20.8 Å². The Morgan fingerprint density at radius 2 is 2.00 bits per heavy atom. The lowest BCUT2D eigenvalue weighted by Gasteiger charge is -2.12. The average Bonchev–Trinajstić information content (AvgIpc) is 1.59. The van der Waals surface area contributed by atoms with Gasteiger partial charge in [-0.15, -0.1) is 0 Å². The average molecular weight is 131 g/mol. The Morgan fingerprint density at radius 3 is 2.11 bits per heavy atom. The zero-order chi connectivity index (χ0) is 7.49. The highest BCUT2D eigenvalue weighted by Crippen LogP contribution is 2.01. The van der Waals surface area contributed by atoms with Crippen LogP contribution in [0.3, 0.4) is 0 Å². The Morgan fingerprint density at radius 1 is 1.56 bits per heavy atom. The topological polar surface area (TPSA) is 46.2 Å². The third-order valence-electron chi connectivity index (χ3n) is 0.623. The van der Waals surface area contributed by atoms with Gasteiger partial charge in [0, 0.05) is 6.92 Å². The second-order valence-corrected chi connectivity index (χ2v) is 2.54. The maximum atomic E-state index is 10.7. The van der Waals surface area contributed by atoms with E-state index in [1.807, 2.05) is 0 Å². The molecule has 0 fully saturated rings. The van der Waals surface area contributed by atoms with Gasteiger partial charge in [-0.2, -0.15) is 0 Å². The smallest absolute Gasteiger partial charge is 0.302 e. The summed E-state index contributed by atoms with van der Waals surface area (Å²) in [6.07, 6.45) is 0. The van der Waals surface area contributed by atoms with Crippen molar-refractivity contribution in [2.24, 2.45) is 0 Å². The van der Waals surface area contributed by atoms with Crippen molar-refractivity contribution >= 4 is 5.97 Å². The zero-order valence-corrected chi connectivity index (χ0v) is 5.93. The highest BCUT2D eigenvalue weighted by molar-refractivity contribution is 5.65. The summed E-state index contributed by atoms with van der Waals surface area (Å²) in [5.41, 5.74) is -1.16. The second kappa shape index (κ2) is 2.82. The van der Waals surface area contributed by atoms with Gasteiger partial charge in [-0.25, -0.2) is 5.11 Å². The summed E-state index contributed by atoms with van der Waals surface area (Å²) in [7, 11) is 0. The molecule has 0 atom stereocenters. The summed E-state index contributed by atoms with van der Waals surface area (Å²) >= 11 is 0. The highest BCUT2D eigenvalue weighted by Gasteiger charge is 2.16. The molecule has 0 amide bonds. The lowest BCUT2D eigenvalue weighted by Crippen LogP contribution is -2.25. The molecule has 0 aromatic heterocycles. The molecule has 3 heteroatoms. The number of carbonyl (C=O) groups is 1. The number of esters is 1. The number of carbonyl (C=O) groups excluding carboxylic acids is 1. The van der Waals surface area contributed by atoms with Crippen molar-refractivity contribution in [3.63, 3.8) is 0 Å². The van der Waals surface area contributed by atoms with Crippen LogP contribution in [0, 0.1) is 0 Å². The Hall–Kier alpha value is -0.570. The fourth-order valence-corrected chi connectivity index (χ4v) is 0.275. The van der Waals surface area contributed by atoms with Gasteiger partial charge in [0.15, 0.2) is 0 Å². The third-order valence-corrected chi connectivity index (χ3v) is 0.623. The maximum Gasteiger partial charge on any atom is 0.302 e. The number of rotatable bonds is 2. The standard InChI is InChI=1S/C6H11O3/c1-5(7)9-4-6(2,3)8/h4H2,1-3H3. The van der Waals surface area contributed by atoms with Crippen LogP contribution in [-0.4, -0.2) is 18.2 Å². The van der Waals surface area contributed by atoms with Gasteiger partial charge in [-0.1, -0.05) is 0 Å². The lowest BCUT2D eigenvalue weighted by atomic mass is 10.2. The third kappa shape index (κ3) is 7.43. The zero-order valence-electron chi connectivity index (χ0n) is 5.93. The molecular formula is C6H11O3. The van der Waals surface area contributed by atoms with Gasteiger partial charge in [-0.05, 0) is 13.8 Å². The second-order valence-electron chi connectivity index (χ2n) is 2.54. The van der Waals surface area contributed by atoms with Gasteiger partial charge in [0.05, 0.1) is 0 Å². The molecule has 0 aromatic carbocycles. The predicted molar refractivity (Wildman–Crippen MR) is 31.4 cm³/mol. The van der Waals surface area contributed by atoms with Crippen LogP contribution < -0.4 is 0 Å². The van der Waals surface area contributed by atoms with Gasteiger partial charge in [0.2, 0.25) is 0 Å². The van der Waals surface area contributed by atoms with Crippen molar-refractivity contribution in [1.82, 2.24) is 0 Å². The fraction of sp³-hybridized carbons (Fsp3) is 0.833. The number of hydrogen-bond donors (Lipinski definition) is 0. The van der Waals surface area contributed by atoms with Gasteiger partial charge in [-0.3, -0.25) is 4.79 Å². The van der Waals surface area contributed by atoms with Crippen molar-refractivity contribution in [2.45, 2.75) is 26.4 Å². The number of ether oxygens (including phenoxy) is 1. The maximum absolute atomic E-state index is 10.7. The Balaban J connectivity index is 3.39. The van der Waals surface area contributed by atoms with Gasteiger partial charge in [0.1, 0.15) is 12.2 Å². The Bertz CT molecular complexity index is 101. The first-order chi connectivity index (χ1) is 3.92. The van der Waals surface area contributed by atoms with Crippen molar-refractivity contribution in [1.29, 1.82) is 0 Å². The van der Waals surface area contributed by atoms with E-state index in [-0.39, 0.29) is 6.61 Å². The molecular weight excluding hydrogens is 120 g/mol. The number of hydrogen-bond acceptors (Lipinski definition) is 2. The summed E-state index contributed by atoms with van der Waals surface area (Å²) < 4.78 is 4.45. The van der Waals surface area contributed by atoms with Crippen LogP contribution in [0.25, 0.3) is 0 Å². The molecule has 0 unspecified atom stereocenters. The molecule has 0 saturated heterocycles. The van der Waals surface area contributed by atoms with Crippen molar-refractivity contribution in [3.05, 3.63) is 0 Å². The summed E-state index contributed by atoms with van der Waals surface area (Å²) in [5.74, 6) is -0.404. The molecule has 1 radical (unpaired) electrons. The SMILES string of the molecule is CC(=O)OCC(C)(C)[O]. The molecule has 0 rings (SSSR count). The Labute approximate surface area is 54.6 Å². The van der Waals surface area contributed by atoms with Crippen LogP contribution in [0.4, 0.5) is 0 Å². The molecule has 0 N–H and O–H groups in total. The van der Waals surface area contributed by atoms with Crippen LogP contribution in [0.15, 0.2) is 0 Å². The van der Waals surface area contributed by atoms with Crippen LogP contribution >= 0.6 is 0 Å². The van der Waals surface area contributed by atoms with Gasteiger partial charge < -0.3 is 4.74 Å². The first-order valence-corrected chi connectivity index (χ1v) is 2.75. The van der Waals surface area contributed by atoms with Crippen LogP contribution in [0.5, 0.6) is 0 Å². The van der Waals surface area contributed by atoms with E-state index in [0.29, 0.717) is 0 Å². The molecule has 53 valence electrons. The van der Waals surface area contributed by atoms with E-state index in [4.69, 9.17) is 0 Å². The molecule has 0 aliphatic carbocycles. The molecule has 3 nitrogen and oxygen atoms in total. The summed E-state index contributed by atoms with van der Waals surface area (Å²) in [5, 5.41) is 10.7. The molecule has 0 heterocycles. The quantitative estimate of drug-likeness (QED) is 0.519. The minimum Gasteiger partial charge on any atom is -0.463 e. The molecule has 9 heavy (non-hydrogen) atoms. The molecule has 0 aliphatic rings. The first kappa shape index (κ1) is 8.43. The van der Waals surface area contributed by atoms with Crippen molar-refractivity contribution in [2.75, 3.05) is 6.61 Å². The van der Waals surface area contributed by atoms with E-state index in [9.17, 15) is 9.90 Å². The molecule has 0 spiro atoms. The van der Waals surface area contributed by atoms with Gasteiger partial charge >= 0.3 is 5.97 Å². The van der Waals surface area contributed by atoms with E-state index in [0.717, 1.165) is 0 Å². The van der Waals surface area contributed by atoms with E-state index >= 15 is 0 Å². The summed E-state index contributed by atoms with van der Waals surface area (Å²) in [6.45, 7) is 4.17. The van der Waals surface area contributed by atoms with Crippen LogP contribution in [-0.2, 0) is 14.6 Å². The van der Waals surface area contributed by atoms with Crippen molar-refractivity contribution in [3.8, 4) is 0 Å². The lowest BCUT2D eigenvalue weighted by molar-refractivity contribution is -0.150. The molecule has 0 saturated carbocycles. The fourth-order valence-electron chi connectivity index (χ4n) is 0.275.